The third-order valence-electron chi connectivity index (χ3n) is 8.39. The number of benzene rings is 6. The van der Waals surface area contributed by atoms with E-state index in [-0.39, 0.29) is 12.3 Å². The van der Waals surface area contributed by atoms with E-state index in [4.69, 9.17) is 4.99 Å². The van der Waals surface area contributed by atoms with Crippen molar-refractivity contribution in [2.24, 2.45) is 4.99 Å². The Morgan fingerprint density at radius 2 is 1.09 bits per heavy atom. The number of fused-ring (bicyclic) bond motifs is 3. The summed E-state index contributed by atoms with van der Waals surface area (Å²) in [4.78, 5) is 5.32. The molecule has 0 radical (unpaired) electrons. The summed E-state index contributed by atoms with van der Waals surface area (Å²) in [5.41, 5.74) is 9.39. The molecular formula is C39H31N4+. The summed E-state index contributed by atoms with van der Waals surface area (Å²) in [5.74, 6) is 0.897. The zero-order chi connectivity index (χ0) is 28.6. The molecule has 0 bridgehead atoms. The summed E-state index contributed by atoms with van der Waals surface area (Å²) in [5, 5.41) is 8.60. The molecule has 2 heterocycles. The largest absolute Gasteiger partial charge is 0.317 e. The van der Waals surface area contributed by atoms with E-state index < -0.39 is 0 Å². The lowest BCUT2D eigenvalue weighted by Crippen LogP contribution is -2.90. The summed E-state index contributed by atoms with van der Waals surface area (Å²) < 4.78 is 2.36. The van der Waals surface area contributed by atoms with Gasteiger partial charge < -0.3 is 9.88 Å². The number of aliphatic imine (C=N–C) groups is 1. The second-order valence-electron chi connectivity index (χ2n) is 11.1. The van der Waals surface area contributed by atoms with Gasteiger partial charge in [-0.15, -0.1) is 0 Å². The SMILES string of the molecule is c1ccc(-c2cccc(C3N=C(c4cccc(-n5c6ccccc6c6ccccc65)c4)NC(c4ccccc4)[NH2+]3)c2)cc1. The van der Waals surface area contributed by atoms with Crippen molar-refractivity contribution in [1.82, 2.24) is 9.88 Å². The van der Waals surface area contributed by atoms with E-state index in [1.807, 2.05) is 0 Å². The highest BCUT2D eigenvalue weighted by Gasteiger charge is 2.29. The van der Waals surface area contributed by atoms with Crippen molar-refractivity contribution in [3.05, 3.63) is 174 Å². The van der Waals surface area contributed by atoms with Crippen LogP contribution in [0.15, 0.2) is 163 Å². The van der Waals surface area contributed by atoms with Gasteiger partial charge in [0.15, 0.2) is 6.17 Å². The number of nitrogens with one attached hydrogen (secondary N) is 1. The number of hydrogen-bond donors (Lipinski definition) is 2. The quantitative estimate of drug-likeness (QED) is 0.224. The van der Waals surface area contributed by atoms with Crippen LogP contribution in [0.4, 0.5) is 0 Å². The first-order chi connectivity index (χ1) is 21.3. The summed E-state index contributed by atoms with van der Waals surface area (Å²) in [6.07, 6.45) is -0.0713. The number of hydrogen-bond acceptors (Lipinski definition) is 2. The van der Waals surface area contributed by atoms with Gasteiger partial charge in [-0.1, -0.05) is 127 Å². The van der Waals surface area contributed by atoms with E-state index in [1.54, 1.807) is 0 Å². The van der Waals surface area contributed by atoms with Crippen LogP contribution in [0.3, 0.4) is 0 Å². The van der Waals surface area contributed by atoms with Gasteiger partial charge in [-0.05, 0) is 41.5 Å². The zero-order valence-corrected chi connectivity index (χ0v) is 23.6. The van der Waals surface area contributed by atoms with Gasteiger partial charge in [-0.2, -0.15) is 0 Å². The number of quaternary nitrogens is 1. The maximum absolute atomic E-state index is 5.32. The predicted octanol–water partition coefficient (Wildman–Crippen LogP) is 7.76. The molecule has 0 aliphatic carbocycles. The lowest BCUT2D eigenvalue weighted by atomic mass is 10.0. The highest BCUT2D eigenvalue weighted by molar-refractivity contribution is 6.09. The van der Waals surface area contributed by atoms with Crippen molar-refractivity contribution < 1.29 is 5.32 Å². The Hall–Kier alpha value is -5.45. The first-order valence-electron chi connectivity index (χ1n) is 14.8. The van der Waals surface area contributed by atoms with Gasteiger partial charge in [-0.3, -0.25) is 5.32 Å². The molecule has 7 aromatic rings. The molecule has 4 heteroatoms. The van der Waals surface area contributed by atoms with Crippen LogP contribution < -0.4 is 10.6 Å². The molecule has 1 aromatic heterocycles. The normalized spacial score (nSPS) is 16.6. The Morgan fingerprint density at radius 3 is 1.84 bits per heavy atom. The fourth-order valence-corrected chi connectivity index (χ4v) is 6.32. The second-order valence-corrected chi connectivity index (χ2v) is 11.1. The summed E-state index contributed by atoms with van der Waals surface area (Å²) in [6.45, 7) is 0. The Bertz CT molecular complexity index is 2040. The van der Waals surface area contributed by atoms with E-state index >= 15 is 0 Å². The molecule has 43 heavy (non-hydrogen) atoms. The van der Waals surface area contributed by atoms with E-state index in [0.29, 0.717) is 0 Å². The second kappa shape index (κ2) is 10.8. The van der Waals surface area contributed by atoms with Crippen LogP contribution in [0.5, 0.6) is 0 Å². The van der Waals surface area contributed by atoms with Crippen molar-refractivity contribution in [2.75, 3.05) is 0 Å². The highest BCUT2D eigenvalue weighted by atomic mass is 15.3. The Balaban J connectivity index is 1.24. The van der Waals surface area contributed by atoms with Crippen molar-refractivity contribution in [3.8, 4) is 16.8 Å². The number of para-hydroxylation sites is 2. The van der Waals surface area contributed by atoms with Crippen molar-refractivity contribution in [1.29, 1.82) is 0 Å². The molecule has 1 aliphatic rings. The van der Waals surface area contributed by atoms with E-state index in [1.165, 1.54) is 44.1 Å². The topological polar surface area (TPSA) is 45.9 Å². The van der Waals surface area contributed by atoms with Gasteiger partial charge in [0.05, 0.1) is 11.0 Å². The average molecular weight is 556 g/mol. The van der Waals surface area contributed by atoms with E-state index in [9.17, 15) is 0 Å². The zero-order valence-electron chi connectivity index (χ0n) is 23.6. The van der Waals surface area contributed by atoms with Gasteiger partial charge in [-0.25, -0.2) is 4.99 Å². The minimum Gasteiger partial charge on any atom is -0.317 e. The van der Waals surface area contributed by atoms with E-state index in [0.717, 1.165) is 17.1 Å². The molecule has 4 nitrogen and oxygen atoms in total. The lowest BCUT2D eigenvalue weighted by molar-refractivity contribution is -0.739. The molecule has 0 amide bonds. The number of rotatable bonds is 5. The third-order valence-corrected chi connectivity index (χ3v) is 8.39. The number of nitrogens with zero attached hydrogens (tertiary/aromatic N) is 2. The molecule has 2 atom stereocenters. The smallest absolute Gasteiger partial charge is 0.209 e. The predicted molar refractivity (Wildman–Crippen MR) is 176 cm³/mol. The summed E-state index contributed by atoms with van der Waals surface area (Å²) in [6, 6.07) is 56.0. The van der Waals surface area contributed by atoms with Crippen molar-refractivity contribution in [3.63, 3.8) is 0 Å². The van der Waals surface area contributed by atoms with Crippen LogP contribution in [0, 0.1) is 0 Å². The van der Waals surface area contributed by atoms with Gasteiger partial charge in [0, 0.05) is 33.2 Å². The maximum Gasteiger partial charge on any atom is 0.209 e. The van der Waals surface area contributed by atoms with Crippen LogP contribution in [0.1, 0.15) is 29.0 Å². The highest BCUT2D eigenvalue weighted by Crippen LogP contribution is 2.32. The Kier molecular flexibility index (Phi) is 6.32. The van der Waals surface area contributed by atoms with Gasteiger partial charge in [0.2, 0.25) is 6.17 Å². The molecule has 0 fully saturated rings. The van der Waals surface area contributed by atoms with Crippen LogP contribution in [0.2, 0.25) is 0 Å². The first-order valence-corrected chi connectivity index (χ1v) is 14.8. The van der Waals surface area contributed by atoms with Crippen LogP contribution in [-0.2, 0) is 0 Å². The molecule has 8 rings (SSSR count). The number of amidine groups is 1. The van der Waals surface area contributed by atoms with Crippen LogP contribution >= 0.6 is 0 Å². The molecule has 0 spiro atoms. The van der Waals surface area contributed by atoms with Crippen LogP contribution in [-0.4, -0.2) is 10.4 Å². The number of nitrogens with two attached hydrogens (primary N) is 1. The first kappa shape index (κ1) is 25.3. The molecule has 0 saturated heterocycles. The molecule has 0 saturated carbocycles. The van der Waals surface area contributed by atoms with Gasteiger partial charge in [0.25, 0.3) is 0 Å². The average Bonchev–Trinajstić information content (AvgIpc) is 3.43. The third kappa shape index (κ3) is 4.68. The van der Waals surface area contributed by atoms with Crippen LogP contribution in [0.25, 0.3) is 38.6 Å². The Morgan fingerprint density at radius 1 is 0.512 bits per heavy atom. The minimum atomic E-state index is -0.0954. The van der Waals surface area contributed by atoms with E-state index in [2.05, 4.69) is 173 Å². The lowest BCUT2D eigenvalue weighted by Gasteiger charge is -2.29. The molecule has 206 valence electrons. The molecule has 3 N–H and O–H groups in total. The van der Waals surface area contributed by atoms with Gasteiger partial charge >= 0.3 is 0 Å². The fraction of sp³-hybridized carbons (Fsp3) is 0.0513. The summed E-state index contributed by atoms with van der Waals surface area (Å²) in [7, 11) is 0. The maximum atomic E-state index is 5.32. The molecule has 2 unspecified atom stereocenters. The monoisotopic (exact) mass is 555 g/mol. The van der Waals surface area contributed by atoms with Gasteiger partial charge in [0.1, 0.15) is 5.84 Å². The Labute approximate surface area is 251 Å². The summed E-state index contributed by atoms with van der Waals surface area (Å²) >= 11 is 0. The van der Waals surface area contributed by atoms with Crippen molar-refractivity contribution in [2.45, 2.75) is 12.3 Å². The number of aromatic nitrogens is 1. The molecular weight excluding hydrogens is 524 g/mol. The fourth-order valence-electron chi connectivity index (χ4n) is 6.32. The molecule has 6 aromatic carbocycles. The standard InChI is InChI=1S/C39H30N4/c1-3-13-27(14-4-1)29-17-11-18-30(25-29)38-40-37(28-15-5-2-6-16-28)41-39(42-38)31-19-12-20-32(26-31)43-35-23-9-7-21-33(35)34-22-8-10-24-36(34)43/h1-26,37-38,40H,(H,41,42)/p+1. The minimum absolute atomic E-state index is 0.0241. The van der Waals surface area contributed by atoms with Crippen molar-refractivity contribution >= 4 is 27.6 Å². The molecule has 1 aliphatic heterocycles.